The van der Waals surface area contributed by atoms with Crippen molar-refractivity contribution in [2.45, 2.75) is 18.8 Å². The normalized spacial score (nSPS) is 16.9. The first-order valence-electron chi connectivity index (χ1n) is 9.11. The highest BCUT2D eigenvalue weighted by molar-refractivity contribution is 5.94. The standard InChI is InChI=1S/C21H21FN4O/c22-17-10-8-15(9-11-17)21(27)26-12-4-5-16(14-26)19-13-20(25-24-19)23-18-6-2-1-3-7-18/h1-3,6-11,13,16H,4-5,12,14H2,(H2,23,24,25)/t16-/m0/s1. The summed E-state index contributed by atoms with van der Waals surface area (Å²) in [5.41, 5.74) is 2.52. The maximum atomic E-state index is 13.1. The molecule has 4 rings (SSSR count). The van der Waals surface area contributed by atoms with Gasteiger partial charge >= 0.3 is 0 Å². The number of anilines is 2. The van der Waals surface area contributed by atoms with Crippen molar-refractivity contribution < 1.29 is 9.18 Å². The smallest absolute Gasteiger partial charge is 0.253 e. The van der Waals surface area contributed by atoms with E-state index in [1.54, 1.807) is 12.1 Å². The molecule has 0 radical (unpaired) electrons. The van der Waals surface area contributed by atoms with Gasteiger partial charge in [0.05, 0.1) is 0 Å². The van der Waals surface area contributed by atoms with Gasteiger partial charge < -0.3 is 10.2 Å². The number of benzene rings is 2. The molecule has 0 bridgehead atoms. The fraction of sp³-hybridized carbons (Fsp3) is 0.238. The van der Waals surface area contributed by atoms with Gasteiger partial charge in [-0.3, -0.25) is 9.89 Å². The molecule has 2 heterocycles. The van der Waals surface area contributed by atoms with E-state index in [2.05, 4.69) is 15.5 Å². The number of rotatable bonds is 4. The first-order valence-corrected chi connectivity index (χ1v) is 9.11. The van der Waals surface area contributed by atoms with Gasteiger partial charge in [-0.25, -0.2) is 4.39 Å². The SMILES string of the molecule is O=C(c1ccc(F)cc1)N1CCC[C@H](c2cc(Nc3ccccc3)n[nH]2)C1. The van der Waals surface area contributed by atoms with Crippen molar-refractivity contribution >= 4 is 17.4 Å². The number of aromatic amines is 1. The highest BCUT2D eigenvalue weighted by atomic mass is 19.1. The van der Waals surface area contributed by atoms with E-state index in [0.717, 1.165) is 36.6 Å². The molecule has 3 aromatic rings. The van der Waals surface area contributed by atoms with Crippen LogP contribution in [0.4, 0.5) is 15.9 Å². The Morgan fingerprint density at radius 2 is 1.93 bits per heavy atom. The van der Waals surface area contributed by atoms with Crippen LogP contribution in [0.5, 0.6) is 0 Å². The van der Waals surface area contributed by atoms with Gasteiger partial charge in [-0.1, -0.05) is 18.2 Å². The number of likely N-dealkylation sites (tertiary alicyclic amines) is 1. The Balaban J connectivity index is 1.44. The molecule has 1 amide bonds. The molecule has 0 saturated carbocycles. The average Bonchev–Trinajstić information content (AvgIpc) is 3.17. The molecular weight excluding hydrogens is 343 g/mol. The van der Waals surface area contributed by atoms with Gasteiger partial charge in [0, 0.05) is 42.0 Å². The zero-order valence-corrected chi connectivity index (χ0v) is 14.9. The van der Waals surface area contributed by atoms with Gasteiger partial charge in [0.2, 0.25) is 0 Å². The minimum atomic E-state index is -0.334. The first-order chi connectivity index (χ1) is 13.2. The summed E-state index contributed by atoms with van der Waals surface area (Å²) in [6.07, 6.45) is 1.93. The monoisotopic (exact) mass is 364 g/mol. The molecular formula is C21H21FN4O. The second-order valence-electron chi connectivity index (χ2n) is 6.80. The van der Waals surface area contributed by atoms with Crippen LogP contribution in [0.1, 0.15) is 34.8 Å². The third-order valence-corrected chi connectivity index (χ3v) is 4.88. The second-order valence-corrected chi connectivity index (χ2v) is 6.80. The Bertz CT molecular complexity index is 907. The van der Waals surface area contributed by atoms with Crippen LogP contribution in [-0.4, -0.2) is 34.1 Å². The van der Waals surface area contributed by atoms with Crippen LogP contribution in [0.3, 0.4) is 0 Å². The van der Waals surface area contributed by atoms with Crippen molar-refractivity contribution in [3.8, 4) is 0 Å². The Kier molecular flexibility index (Phi) is 4.87. The Hall–Kier alpha value is -3.15. The number of nitrogens with one attached hydrogen (secondary N) is 2. The molecule has 2 aromatic carbocycles. The van der Waals surface area contributed by atoms with E-state index < -0.39 is 0 Å². The minimum absolute atomic E-state index is 0.0538. The van der Waals surface area contributed by atoms with Gasteiger partial charge in [-0.15, -0.1) is 0 Å². The number of hydrogen-bond donors (Lipinski definition) is 2. The zero-order valence-electron chi connectivity index (χ0n) is 14.9. The molecule has 2 N–H and O–H groups in total. The van der Waals surface area contributed by atoms with Gasteiger partial charge in [0.1, 0.15) is 5.82 Å². The first kappa shape index (κ1) is 17.3. The molecule has 1 fully saturated rings. The number of carbonyl (C=O) groups is 1. The van der Waals surface area contributed by atoms with Crippen LogP contribution in [0, 0.1) is 5.82 Å². The summed E-state index contributed by atoms with van der Waals surface area (Å²) in [7, 11) is 0. The molecule has 0 spiro atoms. The van der Waals surface area contributed by atoms with E-state index >= 15 is 0 Å². The van der Waals surface area contributed by atoms with Crippen LogP contribution in [-0.2, 0) is 0 Å². The Morgan fingerprint density at radius 3 is 2.70 bits per heavy atom. The lowest BCUT2D eigenvalue weighted by molar-refractivity contribution is 0.0706. The highest BCUT2D eigenvalue weighted by Gasteiger charge is 2.26. The molecule has 1 aliphatic heterocycles. The van der Waals surface area contributed by atoms with Gasteiger partial charge in [0.15, 0.2) is 5.82 Å². The predicted octanol–water partition coefficient (Wildman–Crippen LogP) is 4.31. The Labute approximate surface area is 157 Å². The summed E-state index contributed by atoms with van der Waals surface area (Å²) in [4.78, 5) is 14.5. The van der Waals surface area contributed by atoms with Crippen molar-refractivity contribution in [2.24, 2.45) is 0 Å². The van der Waals surface area contributed by atoms with E-state index in [1.165, 1.54) is 12.1 Å². The average molecular weight is 364 g/mol. The molecule has 6 heteroatoms. The molecule has 0 aliphatic carbocycles. The van der Waals surface area contributed by atoms with Crippen molar-refractivity contribution in [1.82, 2.24) is 15.1 Å². The lowest BCUT2D eigenvalue weighted by Crippen LogP contribution is -2.39. The van der Waals surface area contributed by atoms with Crippen molar-refractivity contribution in [1.29, 1.82) is 0 Å². The number of piperidine rings is 1. The minimum Gasteiger partial charge on any atom is -0.339 e. The van der Waals surface area contributed by atoms with E-state index in [1.807, 2.05) is 41.3 Å². The topological polar surface area (TPSA) is 61.0 Å². The van der Waals surface area contributed by atoms with E-state index in [4.69, 9.17) is 0 Å². The van der Waals surface area contributed by atoms with Crippen LogP contribution in [0.25, 0.3) is 0 Å². The van der Waals surface area contributed by atoms with Crippen LogP contribution in [0.15, 0.2) is 60.7 Å². The molecule has 0 unspecified atom stereocenters. The van der Waals surface area contributed by atoms with Crippen LogP contribution < -0.4 is 5.32 Å². The van der Waals surface area contributed by atoms with Crippen molar-refractivity contribution in [2.75, 3.05) is 18.4 Å². The molecule has 1 aromatic heterocycles. The third-order valence-electron chi connectivity index (χ3n) is 4.88. The highest BCUT2D eigenvalue weighted by Crippen LogP contribution is 2.28. The summed E-state index contributed by atoms with van der Waals surface area (Å²) in [5.74, 6) is 0.584. The van der Waals surface area contributed by atoms with Crippen LogP contribution in [0.2, 0.25) is 0 Å². The molecule has 1 atom stereocenters. The Morgan fingerprint density at radius 1 is 1.15 bits per heavy atom. The number of carbonyl (C=O) groups excluding carboxylic acids is 1. The van der Waals surface area contributed by atoms with E-state index in [0.29, 0.717) is 12.1 Å². The molecule has 27 heavy (non-hydrogen) atoms. The van der Waals surface area contributed by atoms with Crippen LogP contribution >= 0.6 is 0 Å². The largest absolute Gasteiger partial charge is 0.339 e. The number of H-pyrrole nitrogens is 1. The number of hydrogen-bond acceptors (Lipinski definition) is 3. The molecule has 138 valence electrons. The van der Waals surface area contributed by atoms with E-state index in [9.17, 15) is 9.18 Å². The van der Waals surface area contributed by atoms with Crippen molar-refractivity contribution in [3.05, 3.63) is 77.7 Å². The number of nitrogens with zero attached hydrogens (tertiary/aromatic N) is 2. The molecule has 5 nitrogen and oxygen atoms in total. The number of para-hydroxylation sites is 1. The maximum Gasteiger partial charge on any atom is 0.253 e. The number of amides is 1. The number of halogens is 1. The fourth-order valence-corrected chi connectivity index (χ4v) is 3.47. The fourth-order valence-electron chi connectivity index (χ4n) is 3.47. The molecule has 1 saturated heterocycles. The van der Waals surface area contributed by atoms with Crippen molar-refractivity contribution in [3.63, 3.8) is 0 Å². The van der Waals surface area contributed by atoms with Gasteiger partial charge in [-0.2, -0.15) is 5.10 Å². The van der Waals surface area contributed by atoms with Gasteiger partial charge in [-0.05, 0) is 49.2 Å². The summed E-state index contributed by atoms with van der Waals surface area (Å²) in [6, 6.07) is 17.6. The third kappa shape index (κ3) is 4.00. The maximum absolute atomic E-state index is 13.1. The lowest BCUT2D eigenvalue weighted by Gasteiger charge is -2.32. The lowest BCUT2D eigenvalue weighted by atomic mass is 9.94. The summed E-state index contributed by atoms with van der Waals surface area (Å²) < 4.78 is 13.1. The predicted molar refractivity (Wildman–Crippen MR) is 103 cm³/mol. The zero-order chi connectivity index (χ0) is 18.6. The van der Waals surface area contributed by atoms with E-state index in [-0.39, 0.29) is 17.6 Å². The number of aromatic nitrogens is 2. The summed E-state index contributed by atoms with van der Waals surface area (Å²) in [6.45, 7) is 1.35. The van der Waals surface area contributed by atoms with Gasteiger partial charge in [0.25, 0.3) is 5.91 Å². The molecule has 1 aliphatic rings. The quantitative estimate of drug-likeness (QED) is 0.725. The second kappa shape index (κ2) is 7.61. The summed E-state index contributed by atoms with van der Waals surface area (Å²) in [5, 5.41) is 10.7. The summed E-state index contributed by atoms with van der Waals surface area (Å²) >= 11 is 0.